The van der Waals surface area contributed by atoms with Gasteiger partial charge in [0.2, 0.25) is 0 Å². The van der Waals surface area contributed by atoms with Crippen molar-refractivity contribution in [2.45, 2.75) is 26.4 Å². The molecule has 2 N–H and O–H groups in total. The van der Waals surface area contributed by atoms with Crippen molar-refractivity contribution >= 4 is 5.69 Å². The minimum absolute atomic E-state index is 0.225. The van der Waals surface area contributed by atoms with Gasteiger partial charge in [-0.3, -0.25) is 9.80 Å². The normalized spacial score (nSPS) is 18.4. The molecule has 18 heavy (non-hydrogen) atoms. The molecule has 1 aromatic rings. The number of hydrogen-bond acceptors (Lipinski definition) is 3. The van der Waals surface area contributed by atoms with Crippen LogP contribution < -0.4 is 5.73 Å². The SMILES string of the molecule is CC(C)N1CCN(Cc2ccc(N)c(F)c2)CC1. The van der Waals surface area contributed by atoms with Crippen LogP contribution in [0, 0.1) is 5.82 Å². The third-order valence-electron chi connectivity index (χ3n) is 3.61. The van der Waals surface area contributed by atoms with Gasteiger partial charge >= 0.3 is 0 Å². The van der Waals surface area contributed by atoms with Crippen molar-refractivity contribution in [2.75, 3.05) is 31.9 Å². The highest BCUT2D eigenvalue weighted by Crippen LogP contribution is 2.15. The van der Waals surface area contributed by atoms with E-state index in [0.29, 0.717) is 6.04 Å². The predicted molar refractivity (Wildman–Crippen MR) is 72.8 cm³/mol. The Morgan fingerprint density at radius 3 is 2.44 bits per heavy atom. The van der Waals surface area contributed by atoms with E-state index in [-0.39, 0.29) is 11.5 Å². The van der Waals surface area contributed by atoms with Crippen molar-refractivity contribution in [2.24, 2.45) is 0 Å². The van der Waals surface area contributed by atoms with E-state index in [4.69, 9.17) is 5.73 Å². The number of anilines is 1. The molecule has 0 saturated carbocycles. The number of piperazine rings is 1. The summed E-state index contributed by atoms with van der Waals surface area (Å²) >= 11 is 0. The Morgan fingerprint density at radius 2 is 1.89 bits per heavy atom. The Morgan fingerprint density at radius 1 is 1.22 bits per heavy atom. The lowest BCUT2D eigenvalue weighted by Crippen LogP contribution is -2.48. The molecule has 1 aromatic carbocycles. The highest BCUT2D eigenvalue weighted by Gasteiger charge is 2.18. The fourth-order valence-corrected chi connectivity index (χ4v) is 2.37. The topological polar surface area (TPSA) is 32.5 Å². The predicted octanol–water partition coefficient (Wildman–Crippen LogP) is 1.93. The lowest BCUT2D eigenvalue weighted by molar-refractivity contribution is 0.104. The Hall–Kier alpha value is -1.13. The number of nitrogens with two attached hydrogens (primary N) is 1. The summed E-state index contributed by atoms with van der Waals surface area (Å²) in [5, 5.41) is 0. The Labute approximate surface area is 108 Å². The van der Waals surface area contributed by atoms with E-state index < -0.39 is 0 Å². The zero-order valence-electron chi connectivity index (χ0n) is 11.2. The summed E-state index contributed by atoms with van der Waals surface area (Å²) in [6.45, 7) is 9.54. The summed E-state index contributed by atoms with van der Waals surface area (Å²) in [6, 6.07) is 5.72. The summed E-state index contributed by atoms with van der Waals surface area (Å²) in [5.74, 6) is -0.312. The lowest BCUT2D eigenvalue weighted by atomic mass is 10.1. The zero-order valence-corrected chi connectivity index (χ0v) is 11.2. The van der Waals surface area contributed by atoms with Crippen molar-refractivity contribution in [3.05, 3.63) is 29.6 Å². The first kappa shape index (κ1) is 13.3. The summed E-state index contributed by atoms with van der Waals surface area (Å²) in [6.07, 6.45) is 0. The third-order valence-corrected chi connectivity index (χ3v) is 3.61. The molecule has 1 aliphatic rings. The molecule has 100 valence electrons. The van der Waals surface area contributed by atoms with Crippen molar-refractivity contribution in [3.8, 4) is 0 Å². The molecular weight excluding hydrogens is 229 g/mol. The average molecular weight is 251 g/mol. The molecule has 1 saturated heterocycles. The van der Waals surface area contributed by atoms with Crippen molar-refractivity contribution in [3.63, 3.8) is 0 Å². The first-order chi connectivity index (χ1) is 8.56. The Balaban J connectivity index is 1.89. The van der Waals surface area contributed by atoms with Crippen molar-refractivity contribution < 1.29 is 4.39 Å². The third kappa shape index (κ3) is 3.21. The number of halogens is 1. The van der Waals surface area contributed by atoms with Crippen molar-refractivity contribution in [1.82, 2.24) is 9.80 Å². The second-order valence-electron chi connectivity index (χ2n) is 5.26. The Bertz CT molecular complexity index is 398. The minimum atomic E-state index is -0.312. The van der Waals surface area contributed by atoms with Crippen LogP contribution in [0.5, 0.6) is 0 Å². The van der Waals surface area contributed by atoms with E-state index in [1.807, 2.05) is 6.07 Å². The average Bonchev–Trinajstić information content (AvgIpc) is 2.34. The molecule has 4 heteroatoms. The minimum Gasteiger partial charge on any atom is -0.396 e. The van der Waals surface area contributed by atoms with Gasteiger partial charge in [-0.1, -0.05) is 6.07 Å². The number of benzene rings is 1. The molecular formula is C14H22FN3. The number of nitrogens with zero attached hydrogens (tertiary/aromatic N) is 2. The highest BCUT2D eigenvalue weighted by molar-refractivity contribution is 5.41. The number of hydrogen-bond donors (Lipinski definition) is 1. The van der Waals surface area contributed by atoms with Crippen LogP contribution in [0.2, 0.25) is 0 Å². The van der Waals surface area contributed by atoms with Crippen LogP contribution in [0.1, 0.15) is 19.4 Å². The van der Waals surface area contributed by atoms with Crippen LogP contribution in [-0.4, -0.2) is 42.0 Å². The smallest absolute Gasteiger partial charge is 0.146 e. The fourth-order valence-electron chi connectivity index (χ4n) is 2.37. The van der Waals surface area contributed by atoms with Gasteiger partial charge in [0.25, 0.3) is 0 Å². The van der Waals surface area contributed by atoms with Crippen molar-refractivity contribution in [1.29, 1.82) is 0 Å². The van der Waals surface area contributed by atoms with Gasteiger partial charge in [-0.05, 0) is 31.5 Å². The van der Waals surface area contributed by atoms with Crippen LogP contribution in [0.3, 0.4) is 0 Å². The first-order valence-corrected chi connectivity index (χ1v) is 6.56. The summed E-state index contributed by atoms with van der Waals surface area (Å²) in [4.78, 5) is 4.84. The van der Waals surface area contributed by atoms with Crippen LogP contribution in [-0.2, 0) is 6.54 Å². The maximum Gasteiger partial charge on any atom is 0.146 e. The quantitative estimate of drug-likeness (QED) is 0.833. The molecule has 2 rings (SSSR count). The van der Waals surface area contributed by atoms with Gasteiger partial charge in [-0.15, -0.1) is 0 Å². The second kappa shape index (κ2) is 5.67. The summed E-state index contributed by atoms with van der Waals surface area (Å²) in [5.41, 5.74) is 6.70. The first-order valence-electron chi connectivity index (χ1n) is 6.56. The lowest BCUT2D eigenvalue weighted by Gasteiger charge is -2.36. The van der Waals surface area contributed by atoms with E-state index in [0.717, 1.165) is 38.3 Å². The van der Waals surface area contributed by atoms with E-state index in [2.05, 4.69) is 23.6 Å². The molecule has 1 fully saturated rings. The second-order valence-corrected chi connectivity index (χ2v) is 5.26. The molecule has 0 aromatic heterocycles. The van der Waals surface area contributed by atoms with E-state index in [9.17, 15) is 4.39 Å². The van der Waals surface area contributed by atoms with Gasteiger partial charge in [0.1, 0.15) is 5.82 Å². The maximum absolute atomic E-state index is 13.3. The van der Waals surface area contributed by atoms with E-state index >= 15 is 0 Å². The molecule has 0 unspecified atom stereocenters. The fraction of sp³-hybridized carbons (Fsp3) is 0.571. The number of rotatable bonds is 3. The highest BCUT2D eigenvalue weighted by atomic mass is 19.1. The molecule has 0 bridgehead atoms. The monoisotopic (exact) mass is 251 g/mol. The number of nitrogen functional groups attached to an aromatic ring is 1. The largest absolute Gasteiger partial charge is 0.396 e. The molecule has 3 nitrogen and oxygen atoms in total. The van der Waals surface area contributed by atoms with Gasteiger partial charge in [-0.2, -0.15) is 0 Å². The van der Waals surface area contributed by atoms with Gasteiger partial charge in [0, 0.05) is 38.8 Å². The maximum atomic E-state index is 13.3. The van der Waals surface area contributed by atoms with Crippen LogP contribution in [0.25, 0.3) is 0 Å². The zero-order chi connectivity index (χ0) is 13.1. The summed E-state index contributed by atoms with van der Waals surface area (Å²) in [7, 11) is 0. The molecule has 0 amide bonds. The standard InChI is InChI=1S/C14H22FN3/c1-11(2)18-7-5-17(6-8-18)10-12-3-4-14(16)13(15)9-12/h3-4,9,11H,5-8,10,16H2,1-2H3. The van der Waals surface area contributed by atoms with Gasteiger partial charge in [0.05, 0.1) is 5.69 Å². The van der Waals surface area contributed by atoms with Crippen LogP contribution in [0.15, 0.2) is 18.2 Å². The van der Waals surface area contributed by atoms with Crippen LogP contribution >= 0.6 is 0 Å². The summed E-state index contributed by atoms with van der Waals surface area (Å²) < 4.78 is 13.3. The van der Waals surface area contributed by atoms with E-state index in [1.54, 1.807) is 12.1 Å². The van der Waals surface area contributed by atoms with E-state index in [1.165, 1.54) is 0 Å². The molecule has 0 spiro atoms. The molecule has 0 aliphatic carbocycles. The molecule has 0 radical (unpaired) electrons. The molecule has 1 aliphatic heterocycles. The van der Waals surface area contributed by atoms with Gasteiger partial charge < -0.3 is 5.73 Å². The molecule has 1 heterocycles. The van der Waals surface area contributed by atoms with Gasteiger partial charge in [-0.25, -0.2) is 4.39 Å². The Kier molecular flexibility index (Phi) is 4.19. The molecule has 0 atom stereocenters. The van der Waals surface area contributed by atoms with Crippen LogP contribution in [0.4, 0.5) is 10.1 Å². The van der Waals surface area contributed by atoms with Gasteiger partial charge in [0.15, 0.2) is 0 Å².